The van der Waals surface area contributed by atoms with E-state index in [0.29, 0.717) is 25.1 Å². The van der Waals surface area contributed by atoms with Gasteiger partial charge in [-0.3, -0.25) is 9.59 Å². The number of amides is 2. The van der Waals surface area contributed by atoms with Gasteiger partial charge in [0.1, 0.15) is 5.82 Å². The van der Waals surface area contributed by atoms with Crippen LogP contribution in [0.3, 0.4) is 0 Å². The van der Waals surface area contributed by atoms with Gasteiger partial charge in [0.25, 0.3) is 0 Å². The van der Waals surface area contributed by atoms with Crippen molar-refractivity contribution in [1.82, 2.24) is 10.6 Å². The van der Waals surface area contributed by atoms with Gasteiger partial charge in [0.05, 0.1) is 5.69 Å². The molecule has 0 saturated carbocycles. The molecule has 120 valence electrons. The van der Waals surface area contributed by atoms with Crippen molar-refractivity contribution in [1.29, 1.82) is 0 Å². The van der Waals surface area contributed by atoms with E-state index in [2.05, 4.69) is 16.0 Å². The lowest BCUT2D eigenvalue weighted by atomic mass is 9.99. The van der Waals surface area contributed by atoms with E-state index in [4.69, 9.17) is 0 Å². The van der Waals surface area contributed by atoms with Gasteiger partial charge in [-0.1, -0.05) is 13.0 Å². The average molecular weight is 307 g/mol. The van der Waals surface area contributed by atoms with Crippen molar-refractivity contribution in [2.75, 3.05) is 18.4 Å². The molecule has 2 amide bonds. The third-order valence-electron chi connectivity index (χ3n) is 3.63. The summed E-state index contributed by atoms with van der Waals surface area (Å²) in [5.74, 6) is -0.865. The van der Waals surface area contributed by atoms with Crippen LogP contribution in [0.1, 0.15) is 37.3 Å². The van der Waals surface area contributed by atoms with Crippen molar-refractivity contribution in [3.05, 3.63) is 29.1 Å². The maximum absolute atomic E-state index is 14.4. The molecule has 1 aliphatic heterocycles. The number of benzene rings is 1. The molecular weight excluding hydrogens is 285 g/mol. The molecule has 5 nitrogen and oxygen atoms in total. The molecule has 1 heterocycles. The van der Waals surface area contributed by atoms with E-state index >= 15 is 0 Å². The van der Waals surface area contributed by atoms with E-state index in [9.17, 15) is 14.0 Å². The summed E-state index contributed by atoms with van der Waals surface area (Å²) in [7, 11) is 0. The molecule has 0 spiro atoms. The van der Waals surface area contributed by atoms with E-state index in [-0.39, 0.29) is 36.2 Å². The number of nitrogens with one attached hydrogen (secondary N) is 3. The smallest absolute Gasteiger partial charge is 0.224 e. The van der Waals surface area contributed by atoms with Crippen LogP contribution in [-0.2, 0) is 22.6 Å². The molecule has 0 unspecified atom stereocenters. The van der Waals surface area contributed by atoms with Crippen molar-refractivity contribution in [3.63, 3.8) is 0 Å². The largest absolute Gasteiger partial charge is 0.356 e. The number of halogens is 1. The summed E-state index contributed by atoms with van der Waals surface area (Å²) in [6.07, 6.45) is 1.63. The fourth-order valence-corrected chi connectivity index (χ4v) is 2.42. The van der Waals surface area contributed by atoms with Gasteiger partial charge in [-0.15, -0.1) is 0 Å². The molecule has 1 aromatic rings. The zero-order valence-corrected chi connectivity index (χ0v) is 12.8. The molecule has 0 atom stereocenters. The van der Waals surface area contributed by atoms with E-state index in [1.165, 1.54) is 0 Å². The Morgan fingerprint density at radius 1 is 1.27 bits per heavy atom. The van der Waals surface area contributed by atoms with Crippen molar-refractivity contribution in [2.24, 2.45) is 0 Å². The molecule has 0 aliphatic carbocycles. The first kappa shape index (κ1) is 16.4. The summed E-state index contributed by atoms with van der Waals surface area (Å²) in [6, 6.07) is 3.41. The van der Waals surface area contributed by atoms with Crippen LogP contribution in [0.25, 0.3) is 0 Å². The third-order valence-corrected chi connectivity index (χ3v) is 3.63. The summed E-state index contributed by atoms with van der Waals surface area (Å²) in [5.41, 5.74) is 1.79. The Hall–Kier alpha value is -1.95. The number of fused-ring (bicyclic) bond motifs is 1. The summed E-state index contributed by atoms with van der Waals surface area (Å²) in [6.45, 7) is 3.95. The highest BCUT2D eigenvalue weighted by molar-refractivity contribution is 5.93. The number of rotatable bonds is 6. The third kappa shape index (κ3) is 4.27. The predicted octanol–water partition coefficient (Wildman–Crippen LogP) is 1.72. The van der Waals surface area contributed by atoms with Gasteiger partial charge >= 0.3 is 0 Å². The van der Waals surface area contributed by atoms with E-state index < -0.39 is 0 Å². The topological polar surface area (TPSA) is 70.2 Å². The Balaban J connectivity index is 1.90. The lowest BCUT2D eigenvalue weighted by Crippen LogP contribution is -2.26. The lowest BCUT2D eigenvalue weighted by Gasteiger charge is -2.19. The van der Waals surface area contributed by atoms with Crippen molar-refractivity contribution in [3.8, 4) is 0 Å². The maximum Gasteiger partial charge on any atom is 0.224 e. The van der Waals surface area contributed by atoms with E-state index in [1.54, 1.807) is 6.07 Å². The standard InChI is InChI=1S/C16H22FN3O2/c1-2-8-19-14(21)5-6-15(22)20-13-4-3-11-10-18-9-7-12(11)16(13)17/h3-4,18H,2,5-10H2,1H3,(H,19,21)(H,20,22). The normalized spacial score (nSPS) is 13.4. The minimum Gasteiger partial charge on any atom is -0.356 e. The Morgan fingerprint density at radius 2 is 2.05 bits per heavy atom. The van der Waals surface area contributed by atoms with Crippen LogP contribution in [-0.4, -0.2) is 24.9 Å². The number of anilines is 1. The molecule has 0 aromatic heterocycles. The number of carbonyl (C=O) groups excluding carboxylic acids is 2. The Labute approximate surface area is 129 Å². The summed E-state index contributed by atoms with van der Waals surface area (Å²) < 4.78 is 14.4. The zero-order valence-electron chi connectivity index (χ0n) is 12.8. The highest BCUT2D eigenvalue weighted by atomic mass is 19.1. The van der Waals surface area contributed by atoms with Crippen LogP contribution >= 0.6 is 0 Å². The molecule has 1 aromatic carbocycles. The van der Waals surface area contributed by atoms with Crippen LogP contribution in [0.5, 0.6) is 0 Å². The Morgan fingerprint density at radius 3 is 2.82 bits per heavy atom. The Kier molecular flexibility index (Phi) is 5.89. The average Bonchev–Trinajstić information content (AvgIpc) is 2.54. The molecule has 0 saturated heterocycles. The highest BCUT2D eigenvalue weighted by Crippen LogP contribution is 2.24. The molecule has 0 bridgehead atoms. The predicted molar refractivity (Wildman–Crippen MR) is 83.0 cm³/mol. The van der Waals surface area contributed by atoms with Crippen molar-refractivity contribution < 1.29 is 14.0 Å². The minimum atomic E-state index is -0.359. The quantitative estimate of drug-likeness (QED) is 0.749. The van der Waals surface area contributed by atoms with Gasteiger partial charge in [-0.05, 0) is 36.6 Å². The van der Waals surface area contributed by atoms with Gasteiger partial charge < -0.3 is 16.0 Å². The molecule has 0 fully saturated rings. The number of carbonyl (C=O) groups is 2. The fourth-order valence-electron chi connectivity index (χ4n) is 2.42. The molecular formula is C16H22FN3O2. The van der Waals surface area contributed by atoms with Gasteiger partial charge in [0.15, 0.2) is 0 Å². The molecule has 1 aliphatic rings. The fraction of sp³-hybridized carbons (Fsp3) is 0.500. The van der Waals surface area contributed by atoms with E-state index in [1.807, 2.05) is 13.0 Å². The molecule has 2 rings (SSSR count). The van der Waals surface area contributed by atoms with Gasteiger partial charge in [0.2, 0.25) is 11.8 Å². The first-order valence-corrected chi connectivity index (χ1v) is 7.69. The summed E-state index contributed by atoms with van der Waals surface area (Å²) >= 11 is 0. The van der Waals surface area contributed by atoms with Crippen LogP contribution in [0.15, 0.2) is 12.1 Å². The lowest BCUT2D eigenvalue weighted by molar-refractivity contribution is -0.124. The van der Waals surface area contributed by atoms with Crippen LogP contribution in [0.4, 0.5) is 10.1 Å². The van der Waals surface area contributed by atoms with Gasteiger partial charge in [0, 0.05) is 25.9 Å². The Bertz CT molecular complexity index is 561. The van der Waals surface area contributed by atoms with Crippen LogP contribution in [0.2, 0.25) is 0 Å². The van der Waals surface area contributed by atoms with Crippen molar-refractivity contribution >= 4 is 17.5 Å². The molecule has 6 heteroatoms. The molecule has 22 heavy (non-hydrogen) atoms. The molecule has 0 radical (unpaired) electrons. The minimum absolute atomic E-state index is 0.0492. The second-order valence-corrected chi connectivity index (χ2v) is 5.39. The monoisotopic (exact) mass is 307 g/mol. The highest BCUT2D eigenvalue weighted by Gasteiger charge is 2.17. The van der Waals surface area contributed by atoms with Gasteiger partial charge in [-0.25, -0.2) is 4.39 Å². The van der Waals surface area contributed by atoms with Gasteiger partial charge in [-0.2, -0.15) is 0 Å². The van der Waals surface area contributed by atoms with E-state index in [0.717, 1.165) is 18.5 Å². The zero-order chi connectivity index (χ0) is 15.9. The first-order valence-electron chi connectivity index (χ1n) is 7.69. The summed E-state index contributed by atoms with van der Waals surface area (Å²) in [5, 5.41) is 8.44. The summed E-state index contributed by atoms with van der Waals surface area (Å²) in [4.78, 5) is 23.3. The number of hydrogen-bond acceptors (Lipinski definition) is 3. The second-order valence-electron chi connectivity index (χ2n) is 5.39. The first-order chi connectivity index (χ1) is 10.6. The molecule has 3 N–H and O–H groups in total. The van der Waals surface area contributed by atoms with Crippen LogP contribution in [0, 0.1) is 5.82 Å². The maximum atomic E-state index is 14.4. The second kappa shape index (κ2) is 7.89. The number of hydrogen-bond donors (Lipinski definition) is 3. The van der Waals surface area contributed by atoms with Crippen molar-refractivity contribution in [2.45, 2.75) is 39.2 Å². The van der Waals surface area contributed by atoms with Crippen LogP contribution < -0.4 is 16.0 Å². The SMILES string of the molecule is CCCNC(=O)CCC(=O)Nc1ccc2c(c1F)CCNC2.